The van der Waals surface area contributed by atoms with Crippen molar-refractivity contribution in [3.63, 3.8) is 0 Å². The second-order valence-corrected chi connectivity index (χ2v) is 3.18. The number of nitrogens with one attached hydrogen (secondary N) is 1. The van der Waals surface area contributed by atoms with E-state index in [0.29, 0.717) is 0 Å². The fourth-order valence-corrected chi connectivity index (χ4v) is 1.46. The molecule has 0 spiro atoms. The van der Waals surface area contributed by atoms with E-state index < -0.39 is 0 Å². The van der Waals surface area contributed by atoms with Crippen LogP contribution in [0.3, 0.4) is 0 Å². The minimum absolute atomic E-state index is 0.967. The lowest BCUT2D eigenvalue weighted by Gasteiger charge is -1.98. The lowest BCUT2D eigenvalue weighted by Crippen LogP contribution is -1.80. The maximum absolute atomic E-state index is 3.97. The second-order valence-electron chi connectivity index (χ2n) is 2.33. The predicted octanol–water partition coefficient (Wildman–Crippen LogP) is 2.23. The van der Waals surface area contributed by atoms with Crippen molar-refractivity contribution in [2.75, 3.05) is 0 Å². The molecule has 0 bridgehead atoms. The molecule has 0 aromatic carbocycles. The van der Waals surface area contributed by atoms with Gasteiger partial charge in [-0.05, 0) is 28.1 Å². The molecule has 0 aliphatic carbocycles. The molecular formula is C8H6BrN3. The Balaban J connectivity index is 2.55. The van der Waals surface area contributed by atoms with E-state index >= 15 is 0 Å². The van der Waals surface area contributed by atoms with Crippen LogP contribution in [-0.4, -0.2) is 15.2 Å². The van der Waals surface area contributed by atoms with Crippen LogP contribution in [0.2, 0.25) is 0 Å². The summed E-state index contributed by atoms with van der Waals surface area (Å²) in [4.78, 5) is 3.97. The summed E-state index contributed by atoms with van der Waals surface area (Å²) in [6.07, 6.45) is 5.24. The Morgan fingerprint density at radius 2 is 2.17 bits per heavy atom. The number of hydrogen-bond acceptors (Lipinski definition) is 2. The average molecular weight is 224 g/mol. The third-order valence-electron chi connectivity index (χ3n) is 1.56. The molecule has 4 heteroatoms. The van der Waals surface area contributed by atoms with Crippen LogP contribution in [0.4, 0.5) is 0 Å². The van der Waals surface area contributed by atoms with Gasteiger partial charge in [-0.1, -0.05) is 0 Å². The van der Waals surface area contributed by atoms with E-state index in [2.05, 4.69) is 31.1 Å². The van der Waals surface area contributed by atoms with E-state index in [1.54, 1.807) is 18.6 Å². The van der Waals surface area contributed by atoms with E-state index in [1.807, 2.05) is 12.1 Å². The van der Waals surface area contributed by atoms with Crippen molar-refractivity contribution in [3.8, 4) is 11.3 Å². The number of halogens is 1. The van der Waals surface area contributed by atoms with Gasteiger partial charge in [0.15, 0.2) is 0 Å². The molecule has 3 nitrogen and oxygen atoms in total. The molecule has 2 heterocycles. The SMILES string of the molecule is Brc1cnccc1-c1ccn[nH]1. The van der Waals surface area contributed by atoms with E-state index in [4.69, 9.17) is 0 Å². The van der Waals surface area contributed by atoms with Crippen LogP contribution in [0, 0.1) is 0 Å². The highest BCUT2D eigenvalue weighted by molar-refractivity contribution is 9.10. The fraction of sp³-hybridized carbons (Fsp3) is 0. The van der Waals surface area contributed by atoms with Crippen molar-refractivity contribution in [1.29, 1.82) is 0 Å². The molecule has 0 saturated carbocycles. The Morgan fingerprint density at radius 3 is 2.83 bits per heavy atom. The van der Waals surface area contributed by atoms with Gasteiger partial charge in [0.25, 0.3) is 0 Å². The van der Waals surface area contributed by atoms with Crippen molar-refractivity contribution < 1.29 is 0 Å². The van der Waals surface area contributed by atoms with Gasteiger partial charge in [-0.15, -0.1) is 0 Å². The van der Waals surface area contributed by atoms with Crippen LogP contribution in [0.25, 0.3) is 11.3 Å². The van der Waals surface area contributed by atoms with Gasteiger partial charge in [0.2, 0.25) is 0 Å². The molecule has 0 aliphatic rings. The van der Waals surface area contributed by atoms with Crippen LogP contribution in [0.1, 0.15) is 0 Å². The largest absolute Gasteiger partial charge is 0.278 e. The first-order valence-corrected chi connectivity index (χ1v) is 4.26. The van der Waals surface area contributed by atoms with E-state index in [9.17, 15) is 0 Å². The number of nitrogens with zero attached hydrogens (tertiary/aromatic N) is 2. The molecule has 1 N–H and O–H groups in total. The van der Waals surface area contributed by atoms with Crippen molar-refractivity contribution in [3.05, 3.63) is 35.2 Å². The highest BCUT2D eigenvalue weighted by Crippen LogP contribution is 2.24. The molecule has 12 heavy (non-hydrogen) atoms. The molecule has 0 amide bonds. The number of aromatic nitrogens is 3. The van der Waals surface area contributed by atoms with Crippen molar-refractivity contribution in [2.24, 2.45) is 0 Å². The van der Waals surface area contributed by atoms with Crippen LogP contribution in [-0.2, 0) is 0 Å². The number of aromatic amines is 1. The number of pyridine rings is 1. The summed E-state index contributed by atoms with van der Waals surface area (Å²) in [7, 11) is 0. The minimum Gasteiger partial charge on any atom is -0.278 e. The molecule has 0 saturated heterocycles. The third-order valence-corrected chi connectivity index (χ3v) is 2.20. The van der Waals surface area contributed by atoms with Crippen LogP contribution in [0.15, 0.2) is 35.2 Å². The van der Waals surface area contributed by atoms with Crippen LogP contribution in [0.5, 0.6) is 0 Å². The zero-order valence-corrected chi connectivity index (χ0v) is 7.75. The van der Waals surface area contributed by atoms with Crippen LogP contribution < -0.4 is 0 Å². The Bertz CT molecular complexity index is 370. The zero-order valence-electron chi connectivity index (χ0n) is 6.16. The van der Waals surface area contributed by atoms with Gasteiger partial charge in [-0.2, -0.15) is 5.10 Å². The average Bonchev–Trinajstić information content (AvgIpc) is 2.57. The highest BCUT2D eigenvalue weighted by Gasteiger charge is 2.01. The van der Waals surface area contributed by atoms with Gasteiger partial charge in [-0.25, -0.2) is 0 Å². The maximum atomic E-state index is 3.97. The topological polar surface area (TPSA) is 41.6 Å². The van der Waals surface area contributed by atoms with Crippen molar-refractivity contribution in [1.82, 2.24) is 15.2 Å². The molecule has 2 aromatic heterocycles. The second kappa shape index (κ2) is 3.06. The Morgan fingerprint density at radius 1 is 1.25 bits per heavy atom. The monoisotopic (exact) mass is 223 g/mol. The van der Waals surface area contributed by atoms with Crippen molar-refractivity contribution >= 4 is 15.9 Å². The Hall–Kier alpha value is -1.16. The molecule has 0 unspecified atom stereocenters. The van der Waals surface area contributed by atoms with E-state index in [1.165, 1.54) is 0 Å². The minimum atomic E-state index is 0.967. The van der Waals surface area contributed by atoms with Gasteiger partial charge in [0.1, 0.15) is 0 Å². The normalized spacial score (nSPS) is 10.1. The molecule has 0 aliphatic heterocycles. The summed E-state index contributed by atoms with van der Waals surface area (Å²) in [5.41, 5.74) is 2.06. The van der Waals surface area contributed by atoms with E-state index in [-0.39, 0.29) is 0 Å². The molecule has 0 fully saturated rings. The quantitative estimate of drug-likeness (QED) is 0.806. The summed E-state index contributed by atoms with van der Waals surface area (Å²) in [6.45, 7) is 0. The third kappa shape index (κ3) is 1.25. The first-order chi connectivity index (χ1) is 5.88. The van der Waals surface area contributed by atoms with Gasteiger partial charge in [-0.3, -0.25) is 10.1 Å². The summed E-state index contributed by atoms with van der Waals surface area (Å²) in [5, 5.41) is 6.76. The Kier molecular flexibility index (Phi) is 1.91. The first-order valence-electron chi connectivity index (χ1n) is 3.47. The number of rotatable bonds is 1. The summed E-state index contributed by atoms with van der Waals surface area (Å²) in [5.74, 6) is 0. The van der Waals surface area contributed by atoms with Crippen LogP contribution >= 0.6 is 15.9 Å². The van der Waals surface area contributed by atoms with Gasteiger partial charge < -0.3 is 0 Å². The lowest BCUT2D eigenvalue weighted by molar-refractivity contribution is 1.09. The molecule has 2 aromatic rings. The molecular weight excluding hydrogens is 218 g/mol. The number of hydrogen-bond donors (Lipinski definition) is 1. The van der Waals surface area contributed by atoms with Gasteiger partial charge >= 0.3 is 0 Å². The van der Waals surface area contributed by atoms with Gasteiger partial charge in [0.05, 0.1) is 5.69 Å². The van der Waals surface area contributed by atoms with Gasteiger partial charge in [0, 0.05) is 28.6 Å². The zero-order chi connectivity index (χ0) is 8.39. The predicted molar refractivity (Wildman–Crippen MR) is 49.5 cm³/mol. The fourth-order valence-electron chi connectivity index (χ4n) is 1.000. The summed E-state index contributed by atoms with van der Waals surface area (Å²) >= 11 is 3.41. The first kappa shape index (κ1) is 7.49. The Labute approximate surface area is 78.0 Å². The van der Waals surface area contributed by atoms with E-state index in [0.717, 1.165) is 15.7 Å². The smallest absolute Gasteiger partial charge is 0.0662 e. The van der Waals surface area contributed by atoms with Crippen molar-refractivity contribution in [2.45, 2.75) is 0 Å². The maximum Gasteiger partial charge on any atom is 0.0662 e. The summed E-state index contributed by atoms with van der Waals surface area (Å²) in [6, 6.07) is 3.84. The molecule has 0 atom stereocenters. The standard InChI is InChI=1S/C8H6BrN3/c9-7-5-10-3-1-6(7)8-2-4-11-12-8/h1-5H,(H,11,12). The lowest BCUT2D eigenvalue weighted by atomic mass is 10.2. The highest BCUT2D eigenvalue weighted by atomic mass is 79.9. The molecule has 0 radical (unpaired) electrons. The molecule has 2 rings (SSSR count). The number of H-pyrrole nitrogens is 1. The molecule has 60 valence electrons. The summed E-state index contributed by atoms with van der Waals surface area (Å²) < 4.78 is 0.967.